The largest absolute Gasteiger partial charge is 0.497 e. The molecule has 0 aliphatic carbocycles. The Balaban J connectivity index is 2.49. The molecule has 0 spiro atoms. The number of benzene rings is 1. The molecule has 2 nitrogen and oxygen atoms in total. The van der Waals surface area contributed by atoms with Crippen LogP contribution < -0.4 is 4.74 Å². The fourth-order valence-electron chi connectivity index (χ4n) is 2.04. The van der Waals surface area contributed by atoms with Crippen LogP contribution in [0.25, 0.3) is 0 Å². The van der Waals surface area contributed by atoms with Gasteiger partial charge in [-0.25, -0.2) is 0 Å². The number of methoxy groups -OCH3 is 1. The van der Waals surface area contributed by atoms with E-state index in [1.54, 1.807) is 7.11 Å². The van der Waals surface area contributed by atoms with Gasteiger partial charge in [0, 0.05) is 12.8 Å². The molecule has 0 aliphatic heterocycles. The number of Topliss-reactive ketones (excluding diaryl/α,β-unsaturated/α-hetero) is 1. The van der Waals surface area contributed by atoms with Crippen molar-refractivity contribution in [2.24, 2.45) is 5.92 Å². The van der Waals surface area contributed by atoms with E-state index < -0.39 is 0 Å². The fourth-order valence-corrected chi connectivity index (χ4v) is 2.04. The van der Waals surface area contributed by atoms with Gasteiger partial charge >= 0.3 is 0 Å². The lowest BCUT2D eigenvalue weighted by Crippen LogP contribution is -2.07. The highest BCUT2D eigenvalue weighted by molar-refractivity contribution is 5.78. The van der Waals surface area contributed by atoms with E-state index in [0.29, 0.717) is 24.5 Å². The Hall–Kier alpha value is -1.31. The summed E-state index contributed by atoms with van der Waals surface area (Å²) >= 11 is 0. The fraction of sp³-hybridized carbons (Fsp3) is 0.533. The van der Waals surface area contributed by atoms with Crippen molar-refractivity contribution in [2.45, 2.75) is 39.5 Å². The van der Waals surface area contributed by atoms with Crippen molar-refractivity contribution in [3.63, 3.8) is 0 Å². The van der Waals surface area contributed by atoms with Gasteiger partial charge in [-0.15, -0.1) is 0 Å². The van der Waals surface area contributed by atoms with Crippen molar-refractivity contribution in [2.75, 3.05) is 7.11 Å². The second-order valence-electron chi connectivity index (χ2n) is 4.65. The lowest BCUT2D eigenvalue weighted by atomic mass is 9.95. The second kappa shape index (κ2) is 7.10. The van der Waals surface area contributed by atoms with Gasteiger partial charge in [0.05, 0.1) is 7.11 Å². The molecule has 1 aromatic carbocycles. The Morgan fingerprint density at radius 1 is 1.41 bits per heavy atom. The molecule has 17 heavy (non-hydrogen) atoms. The molecule has 1 unspecified atom stereocenters. The lowest BCUT2D eigenvalue weighted by molar-refractivity contribution is -0.119. The average Bonchev–Trinajstić information content (AvgIpc) is 2.29. The van der Waals surface area contributed by atoms with Crippen LogP contribution in [0.1, 0.15) is 38.7 Å². The minimum absolute atomic E-state index is 0.378. The minimum Gasteiger partial charge on any atom is -0.497 e. The number of hydrogen-bond acceptors (Lipinski definition) is 2. The molecule has 0 N–H and O–H groups in total. The Morgan fingerprint density at radius 3 is 2.82 bits per heavy atom. The molecule has 2 heteroatoms. The molecule has 0 fully saturated rings. The molecule has 0 aliphatic rings. The van der Waals surface area contributed by atoms with Gasteiger partial charge < -0.3 is 4.74 Å². The number of hydrogen-bond donors (Lipinski definition) is 0. The Labute approximate surface area is 104 Å². The van der Waals surface area contributed by atoms with E-state index in [0.717, 1.165) is 18.6 Å². The predicted octanol–water partition coefficient (Wildman–Crippen LogP) is 3.63. The summed E-state index contributed by atoms with van der Waals surface area (Å²) in [5.41, 5.74) is 1.24. The first-order valence-electron chi connectivity index (χ1n) is 6.30. The zero-order chi connectivity index (χ0) is 12.7. The third-order valence-electron chi connectivity index (χ3n) is 2.82. The molecule has 1 rings (SSSR count). The van der Waals surface area contributed by atoms with Crippen molar-refractivity contribution in [1.82, 2.24) is 0 Å². The van der Waals surface area contributed by atoms with Gasteiger partial charge in [-0.3, -0.25) is 4.79 Å². The molecular weight excluding hydrogens is 212 g/mol. The van der Waals surface area contributed by atoms with Gasteiger partial charge in [-0.1, -0.05) is 26.0 Å². The summed E-state index contributed by atoms with van der Waals surface area (Å²) in [7, 11) is 1.67. The molecule has 0 aromatic heterocycles. The Morgan fingerprint density at radius 2 is 2.18 bits per heavy atom. The van der Waals surface area contributed by atoms with Crippen LogP contribution in [0.3, 0.4) is 0 Å². The summed E-state index contributed by atoms with van der Waals surface area (Å²) in [6, 6.07) is 8.06. The Kier molecular flexibility index (Phi) is 5.75. The topological polar surface area (TPSA) is 26.3 Å². The lowest BCUT2D eigenvalue weighted by Gasteiger charge is -2.11. The second-order valence-corrected chi connectivity index (χ2v) is 4.65. The third-order valence-corrected chi connectivity index (χ3v) is 2.82. The maximum Gasteiger partial charge on any atom is 0.133 e. The zero-order valence-corrected chi connectivity index (χ0v) is 11.0. The molecule has 0 amide bonds. The van der Waals surface area contributed by atoms with Gasteiger partial charge in [-0.2, -0.15) is 0 Å². The van der Waals surface area contributed by atoms with Crippen molar-refractivity contribution >= 4 is 5.78 Å². The summed E-state index contributed by atoms with van der Waals surface area (Å²) in [4.78, 5) is 11.5. The van der Waals surface area contributed by atoms with E-state index in [9.17, 15) is 4.79 Å². The molecule has 94 valence electrons. The van der Waals surface area contributed by atoms with E-state index in [1.165, 1.54) is 5.56 Å². The van der Waals surface area contributed by atoms with E-state index in [2.05, 4.69) is 13.0 Å². The number of rotatable bonds is 7. The third kappa shape index (κ3) is 5.03. The highest BCUT2D eigenvalue weighted by Crippen LogP contribution is 2.18. The van der Waals surface area contributed by atoms with Gasteiger partial charge in [0.1, 0.15) is 11.5 Å². The summed E-state index contributed by atoms with van der Waals surface area (Å²) in [6.45, 7) is 4.18. The van der Waals surface area contributed by atoms with E-state index in [1.807, 2.05) is 25.1 Å². The molecule has 1 atom stereocenters. The molecule has 0 saturated carbocycles. The number of carbonyl (C=O) groups excluding carboxylic acids is 1. The highest BCUT2D eigenvalue weighted by atomic mass is 16.5. The highest BCUT2D eigenvalue weighted by Gasteiger charge is 2.09. The zero-order valence-electron chi connectivity index (χ0n) is 11.0. The number of ether oxygens (including phenoxy) is 1. The molecule has 1 aromatic rings. The van der Waals surface area contributed by atoms with Crippen molar-refractivity contribution < 1.29 is 9.53 Å². The molecule has 0 saturated heterocycles. The standard InChI is InChI=1S/C15H22O2/c1-4-6-14(16)10-12(2)9-13-7-5-8-15(11-13)17-3/h5,7-8,11-12H,4,6,9-10H2,1-3H3. The summed E-state index contributed by atoms with van der Waals surface area (Å²) in [5, 5.41) is 0. The van der Waals surface area contributed by atoms with Crippen LogP contribution in [-0.4, -0.2) is 12.9 Å². The SMILES string of the molecule is CCCC(=O)CC(C)Cc1cccc(OC)c1. The molecule has 0 radical (unpaired) electrons. The predicted molar refractivity (Wildman–Crippen MR) is 70.4 cm³/mol. The van der Waals surface area contributed by atoms with Gasteiger partial charge in [0.15, 0.2) is 0 Å². The maximum atomic E-state index is 11.5. The van der Waals surface area contributed by atoms with Gasteiger partial charge in [0.2, 0.25) is 0 Å². The molecule has 0 bridgehead atoms. The van der Waals surface area contributed by atoms with Crippen LogP contribution in [0, 0.1) is 5.92 Å². The molecule has 0 heterocycles. The van der Waals surface area contributed by atoms with Crippen molar-refractivity contribution in [3.8, 4) is 5.75 Å². The van der Waals surface area contributed by atoms with Gasteiger partial charge in [-0.05, 0) is 36.5 Å². The summed E-state index contributed by atoms with van der Waals surface area (Å²) in [5.74, 6) is 1.67. The van der Waals surface area contributed by atoms with E-state index in [-0.39, 0.29) is 0 Å². The van der Waals surface area contributed by atoms with Crippen LogP contribution in [0.2, 0.25) is 0 Å². The van der Waals surface area contributed by atoms with Crippen molar-refractivity contribution in [1.29, 1.82) is 0 Å². The quantitative estimate of drug-likeness (QED) is 0.720. The smallest absolute Gasteiger partial charge is 0.133 e. The summed E-state index contributed by atoms with van der Waals surface area (Å²) < 4.78 is 5.19. The summed E-state index contributed by atoms with van der Waals surface area (Å²) in [6.07, 6.45) is 3.28. The molecular formula is C15H22O2. The monoisotopic (exact) mass is 234 g/mol. The number of ketones is 1. The van der Waals surface area contributed by atoms with Crippen LogP contribution in [-0.2, 0) is 11.2 Å². The first kappa shape index (κ1) is 13.8. The Bertz CT molecular complexity index is 358. The van der Waals surface area contributed by atoms with Crippen LogP contribution in [0.15, 0.2) is 24.3 Å². The minimum atomic E-state index is 0.378. The van der Waals surface area contributed by atoms with Gasteiger partial charge in [0.25, 0.3) is 0 Å². The van der Waals surface area contributed by atoms with Crippen LogP contribution >= 0.6 is 0 Å². The maximum absolute atomic E-state index is 11.5. The van der Waals surface area contributed by atoms with E-state index in [4.69, 9.17) is 4.74 Å². The van der Waals surface area contributed by atoms with Crippen molar-refractivity contribution in [3.05, 3.63) is 29.8 Å². The van der Waals surface area contributed by atoms with E-state index >= 15 is 0 Å². The van der Waals surface area contributed by atoms with Crippen LogP contribution in [0.4, 0.5) is 0 Å². The number of carbonyl (C=O) groups is 1. The normalized spacial score (nSPS) is 12.2. The average molecular weight is 234 g/mol. The van der Waals surface area contributed by atoms with Crippen LogP contribution in [0.5, 0.6) is 5.75 Å². The first-order chi connectivity index (χ1) is 8.15. The first-order valence-corrected chi connectivity index (χ1v) is 6.30.